The fraction of sp³-hybridized carbons (Fsp3) is 0.375. The molecule has 1 atom stereocenters. The topological polar surface area (TPSA) is 60.9 Å². The first-order valence-corrected chi connectivity index (χ1v) is 11.0. The highest BCUT2D eigenvalue weighted by Gasteiger charge is 2.38. The molecule has 2 aliphatic heterocycles. The average Bonchev–Trinajstić information content (AvgIpc) is 3.16. The van der Waals surface area contributed by atoms with Gasteiger partial charge < -0.3 is 14.7 Å². The number of carbonyl (C=O) groups is 3. The molecule has 0 bridgehead atoms. The summed E-state index contributed by atoms with van der Waals surface area (Å²) < 4.78 is 13.3. The first-order valence-electron chi connectivity index (χ1n) is 10.7. The molecule has 2 aromatic rings. The van der Waals surface area contributed by atoms with Crippen molar-refractivity contribution in [3.8, 4) is 0 Å². The van der Waals surface area contributed by atoms with Crippen LogP contribution in [0.15, 0.2) is 36.4 Å². The molecular formula is C24H25ClFN3O3. The fourth-order valence-corrected chi connectivity index (χ4v) is 4.60. The number of benzene rings is 2. The minimum absolute atomic E-state index is 0.0446. The van der Waals surface area contributed by atoms with Gasteiger partial charge >= 0.3 is 0 Å². The Morgan fingerprint density at radius 3 is 2.41 bits per heavy atom. The number of hydrogen-bond acceptors (Lipinski definition) is 3. The van der Waals surface area contributed by atoms with Crippen molar-refractivity contribution in [2.24, 2.45) is 5.92 Å². The van der Waals surface area contributed by atoms with E-state index in [-0.39, 0.29) is 34.7 Å². The molecule has 0 saturated carbocycles. The maximum atomic E-state index is 13.3. The van der Waals surface area contributed by atoms with E-state index in [2.05, 4.69) is 0 Å². The Hall–Kier alpha value is -2.93. The van der Waals surface area contributed by atoms with Gasteiger partial charge in [0.15, 0.2) is 0 Å². The van der Waals surface area contributed by atoms with E-state index in [0.717, 1.165) is 22.9 Å². The van der Waals surface area contributed by atoms with Crippen LogP contribution in [0.2, 0.25) is 5.02 Å². The number of anilines is 1. The maximum Gasteiger partial charge on any atom is 0.255 e. The Morgan fingerprint density at radius 2 is 1.72 bits per heavy atom. The van der Waals surface area contributed by atoms with Gasteiger partial charge in [0, 0.05) is 44.8 Å². The van der Waals surface area contributed by atoms with Crippen LogP contribution in [0.3, 0.4) is 0 Å². The van der Waals surface area contributed by atoms with Crippen molar-refractivity contribution in [1.82, 2.24) is 9.80 Å². The molecule has 6 nitrogen and oxygen atoms in total. The molecule has 0 aliphatic carbocycles. The third-order valence-corrected chi connectivity index (χ3v) is 6.69. The van der Waals surface area contributed by atoms with Crippen LogP contribution in [0.4, 0.5) is 10.1 Å². The molecular weight excluding hydrogens is 433 g/mol. The third kappa shape index (κ3) is 4.21. The molecule has 0 N–H and O–H groups in total. The molecule has 3 amide bonds. The van der Waals surface area contributed by atoms with E-state index in [1.165, 1.54) is 12.1 Å². The van der Waals surface area contributed by atoms with E-state index in [9.17, 15) is 18.8 Å². The lowest BCUT2D eigenvalue weighted by Crippen LogP contribution is -2.52. The Bertz CT molecular complexity index is 1080. The molecule has 2 heterocycles. The number of carbonyl (C=O) groups excluding carboxylic acids is 3. The van der Waals surface area contributed by atoms with Crippen LogP contribution in [-0.4, -0.2) is 60.2 Å². The Morgan fingerprint density at radius 1 is 1.03 bits per heavy atom. The lowest BCUT2D eigenvalue weighted by atomic mass is 10.1. The van der Waals surface area contributed by atoms with E-state index >= 15 is 0 Å². The van der Waals surface area contributed by atoms with Gasteiger partial charge in [0.1, 0.15) is 5.82 Å². The van der Waals surface area contributed by atoms with Crippen molar-refractivity contribution in [2.45, 2.75) is 20.3 Å². The zero-order valence-electron chi connectivity index (χ0n) is 18.1. The molecule has 0 radical (unpaired) electrons. The van der Waals surface area contributed by atoms with Gasteiger partial charge in [0.2, 0.25) is 11.8 Å². The molecule has 168 valence electrons. The van der Waals surface area contributed by atoms with Gasteiger partial charge in [-0.3, -0.25) is 14.4 Å². The fourth-order valence-electron chi connectivity index (χ4n) is 4.36. The predicted octanol–water partition coefficient (Wildman–Crippen LogP) is 3.43. The highest BCUT2D eigenvalue weighted by Crippen LogP contribution is 2.30. The molecule has 2 fully saturated rings. The van der Waals surface area contributed by atoms with Crippen molar-refractivity contribution in [2.75, 3.05) is 37.6 Å². The third-order valence-electron chi connectivity index (χ3n) is 6.38. The number of piperazine rings is 1. The number of rotatable bonds is 3. The summed E-state index contributed by atoms with van der Waals surface area (Å²) in [6.07, 6.45) is 0.191. The number of nitrogens with zero attached hydrogens (tertiary/aromatic N) is 3. The number of hydrogen-bond donors (Lipinski definition) is 0. The normalized spacial score (nSPS) is 18.9. The zero-order chi connectivity index (χ0) is 23.0. The van der Waals surface area contributed by atoms with Gasteiger partial charge in [0.05, 0.1) is 16.5 Å². The standard InChI is InChI=1S/C24H25ClFN3O3/c1-15-4-3-5-21(16(15)2)29-14-17(12-22(29)30)23(31)27-8-10-28(11-9-27)24(32)19-7-6-18(26)13-20(19)25/h3-7,13,17H,8-12,14H2,1-2H3. The molecule has 8 heteroatoms. The highest BCUT2D eigenvalue weighted by molar-refractivity contribution is 6.33. The van der Waals surface area contributed by atoms with Crippen molar-refractivity contribution in [1.29, 1.82) is 0 Å². The second kappa shape index (κ2) is 8.90. The first kappa shape index (κ1) is 22.3. The summed E-state index contributed by atoms with van der Waals surface area (Å²) in [6.45, 7) is 5.85. The lowest BCUT2D eigenvalue weighted by Gasteiger charge is -2.36. The first-order chi connectivity index (χ1) is 15.3. The summed E-state index contributed by atoms with van der Waals surface area (Å²) in [5.74, 6) is -1.27. The second-order valence-corrected chi connectivity index (χ2v) is 8.77. The summed E-state index contributed by atoms with van der Waals surface area (Å²) in [4.78, 5) is 43.5. The summed E-state index contributed by atoms with van der Waals surface area (Å²) in [5.41, 5.74) is 3.25. The van der Waals surface area contributed by atoms with E-state index < -0.39 is 11.7 Å². The highest BCUT2D eigenvalue weighted by atomic mass is 35.5. The van der Waals surface area contributed by atoms with E-state index in [0.29, 0.717) is 32.7 Å². The molecule has 2 saturated heterocycles. The van der Waals surface area contributed by atoms with Crippen LogP contribution < -0.4 is 4.90 Å². The molecule has 1 unspecified atom stereocenters. The molecule has 2 aromatic carbocycles. The minimum atomic E-state index is -0.497. The van der Waals surface area contributed by atoms with Gasteiger partial charge in [0.25, 0.3) is 5.91 Å². The van der Waals surface area contributed by atoms with E-state index in [1.54, 1.807) is 14.7 Å². The van der Waals surface area contributed by atoms with Gasteiger partial charge in [-0.25, -0.2) is 4.39 Å². The van der Waals surface area contributed by atoms with Crippen molar-refractivity contribution < 1.29 is 18.8 Å². The summed E-state index contributed by atoms with van der Waals surface area (Å²) in [5, 5.41) is 0.0736. The van der Waals surface area contributed by atoms with Crippen molar-refractivity contribution in [3.05, 3.63) is 63.9 Å². The van der Waals surface area contributed by atoms with Crippen molar-refractivity contribution >= 4 is 35.0 Å². The molecule has 2 aliphatic rings. The zero-order valence-corrected chi connectivity index (χ0v) is 18.9. The van der Waals surface area contributed by atoms with Crippen LogP contribution in [-0.2, 0) is 9.59 Å². The van der Waals surface area contributed by atoms with Crippen LogP contribution >= 0.6 is 11.6 Å². The number of halogens is 2. The predicted molar refractivity (Wildman–Crippen MR) is 120 cm³/mol. The van der Waals surface area contributed by atoms with Gasteiger partial charge in [-0.2, -0.15) is 0 Å². The summed E-state index contributed by atoms with van der Waals surface area (Å²) in [7, 11) is 0. The largest absolute Gasteiger partial charge is 0.339 e. The van der Waals surface area contributed by atoms with Crippen molar-refractivity contribution in [3.63, 3.8) is 0 Å². The quantitative estimate of drug-likeness (QED) is 0.709. The van der Waals surface area contributed by atoms with E-state index in [1.807, 2.05) is 32.0 Å². The monoisotopic (exact) mass is 457 g/mol. The number of amides is 3. The minimum Gasteiger partial charge on any atom is -0.339 e. The van der Waals surface area contributed by atoms with Gasteiger partial charge in [-0.1, -0.05) is 23.7 Å². The van der Waals surface area contributed by atoms with E-state index in [4.69, 9.17) is 11.6 Å². The molecule has 4 rings (SSSR count). The van der Waals surface area contributed by atoms with Crippen LogP contribution in [0, 0.1) is 25.6 Å². The molecule has 0 aromatic heterocycles. The molecule has 0 spiro atoms. The smallest absolute Gasteiger partial charge is 0.255 e. The lowest BCUT2D eigenvalue weighted by molar-refractivity contribution is -0.137. The van der Waals surface area contributed by atoms with Gasteiger partial charge in [-0.05, 0) is 49.2 Å². The Kier molecular flexibility index (Phi) is 6.20. The van der Waals surface area contributed by atoms with Crippen LogP contribution in [0.5, 0.6) is 0 Å². The van der Waals surface area contributed by atoms with Crippen LogP contribution in [0.1, 0.15) is 27.9 Å². The SMILES string of the molecule is Cc1cccc(N2CC(C(=O)N3CCN(C(=O)c4ccc(F)cc4Cl)CC3)CC2=O)c1C. The second-order valence-electron chi connectivity index (χ2n) is 8.37. The summed E-state index contributed by atoms with van der Waals surface area (Å²) in [6, 6.07) is 9.54. The molecule has 32 heavy (non-hydrogen) atoms. The van der Waals surface area contributed by atoms with Gasteiger partial charge in [-0.15, -0.1) is 0 Å². The maximum absolute atomic E-state index is 13.3. The average molecular weight is 458 g/mol. The Labute approximate surface area is 191 Å². The summed E-state index contributed by atoms with van der Waals surface area (Å²) >= 11 is 6.02. The Balaban J connectivity index is 1.38. The number of aryl methyl sites for hydroxylation is 1. The van der Waals surface area contributed by atoms with Crippen LogP contribution in [0.25, 0.3) is 0 Å².